The van der Waals surface area contributed by atoms with Gasteiger partial charge in [0.2, 0.25) is 0 Å². The molecule has 0 aliphatic carbocycles. The molecule has 0 aliphatic rings. The zero-order valence-corrected chi connectivity index (χ0v) is 33.3. The summed E-state index contributed by atoms with van der Waals surface area (Å²) in [5.41, 5.74) is 11.1. The molecule has 2 nitrogen and oxygen atoms in total. The lowest BCUT2D eigenvalue weighted by Crippen LogP contribution is -2.15. The minimum atomic E-state index is 0.998. The van der Waals surface area contributed by atoms with Gasteiger partial charge in [0.1, 0.15) is 0 Å². The fraction of sp³-hybridized carbons (Fsp3) is 0.0189. The molecule has 9 aromatic rings. The van der Waals surface area contributed by atoms with Crippen molar-refractivity contribution >= 4 is 76.9 Å². The second-order valence-corrected chi connectivity index (χ2v) is 16.0. The van der Waals surface area contributed by atoms with E-state index in [-0.39, 0.29) is 0 Å². The SMILES string of the molecule is C=C(/C=C\C(=C/C)N(c1ccccc1)c1ccc(-c2ccc(N(c3ccccc3)c3ccc(-c4cc5ccccc5s4)cc3)cc2)cc1)c1cc2ccccc2s1. The molecule has 0 radical (unpaired) electrons. The second-order valence-electron chi connectivity index (χ2n) is 13.9. The number of fused-ring (bicyclic) bond motifs is 2. The normalized spacial score (nSPS) is 11.7. The quantitative estimate of drug-likeness (QED) is 0.121. The molecule has 9 rings (SSSR count). The van der Waals surface area contributed by atoms with Gasteiger partial charge >= 0.3 is 0 Å². The molecular weight excluding hydrogens is 729 g/mol. The Labute approximate surface area is 342 Å². The van der Waals surface area contributed by atoms with Crippen LogP contribution in [0.5, 0.6) is 0 Å². The number of hydrogen-bond acceptors (Lipinski definition) is 4. The van der Waals surface area contributed by atoms with E-state index in [0.29, 0.717) is 0 Å². The summed E-state index contributed by atoms with van der Waals surface area (Å²) in [5, 5.41) is 2.54. The molecule has 57 heavy (non-hydrogen) atoms. The zero-order chi connectivity index (χ0) is 38.6. The predicted molar refractivity (Wildman–Crippen MR) is 250 cm³/mol. The van der Waals surface area contributed by atoms with E-state index in [1.807, 2.05) is 11.3 Å². The summed E-state index contributed by atoms with van der Waals surface area (Å²) in [6.45, 7) is 6.51. The first-order valence-corrected chi connectivity index (χ1v) is 20.8. The van der Waals surface area contributed by atoms with Crippen LogP contribution in [0.2, 0.25) is 0 Å². The molecule has 7 aromatic carbocycles. The Morgan fingerprint density at radius 3 is 1.47 bits per heavy atom. The van der Waals surface area contributed by atoms with Crippen LogP contribution in [0, 0.1) is 0 Å². The van der Waals surface area contributed by atoms with Crippen LogP contribution in [0.1, 0.15) is 11.8 Å². The monoisotopic (exact) mass is 768 g/mol. The first-order chi connectivity index (χ1) is 28.1. The number of nitrogens with zero attached hydrogens (tertiary/aromatic N) is 2. The van der Waals surface area contributed by atoms with Crippen LogP contribution in [-0.2, 0) is 0 Å². The van der Waals surface area contributed by atoms with Gasteiger partial charge in [-0.1, -0.05) is 128 Å². The van der Waals surface area contributed by atoms with Crippen LogP contribution in [0.25, 0.3) is 47.3 Å². The van der Waals surface area contributed by atoms with Crippen LogP contribution < -0.4 is 9.80 Å². The van der Waals surface area contributed by atoms with Crippen molar-refractivity contribution in [1.29, 1.82) is 0 Å². The molecule has 0 unspecified atom stereocenters. The van der Waals surface area contributed by atoms with E-state index < -0.39 is 0 Å². The van der Waals surface area contributed by atoms with E-state index in [4.69, 9.17) is 0 Å². The van der Waals surface area contributed by atoms with Crippen LogP contribution in [0.4, 0.5) is 28.4 Å². The number of thiophene rings is 2. The van der Waals surface area contributed by atoms with Gasteiger partial charge in [-0.3, -0.25) is 0 Å². The highest BCUT2D eigenvalue weighted by Gasteiger charge is 2.16. The highest BCUT2D eigenvalue weighted by atomic mass is 32.1. The molecule has 0 N–H and O–H groups in total. The van der Waals surface area contributed by atoms with Crippen molar-refractivity contribution < 1.29 is 0 Å². The van der Waals surface area contributed by atoms with Crippen LogP contribution in [-0.4, -0.2) is 0 Å². The number of para-hydroxylation sites is 2. The molecular formula is C53H40N2S2. The second kappa shape index (κ2) is 16.2. The van der Waals surface area contributed by atoms with E-state index in [9.17, 15) is 0 Å². The summed E-state index contributed by atoms with van der Waals surface area (Å²) in [5.74, 6) is 0. The summed E-state index contributed by atoms with van der Waals surface area (Å²) >= 11 is 3.62. The van der Waals surface area contributed by atoms with Crippen LogP contribution in [0.3, 0.4) is 0 Å². The number of anilines is 5. The lowest BCUT2D eigenvalue weighted by Gasteiger charge is -2.27. The maximum Gasteiger partial charge on any atom is 0.0462 e. The molecule has 0 amide bonds. The van der Waals surface area contributed by atoms with Gasteiger partial charge in [0, 0.05) is 53.3 Å². The first-order valence-electron chi connectivity index (χ1n) is 19.1. The third kappa shape index (κ3) is 7.61. The first kappa shape index (κ1) is 35.9. The molecule has 0 fully saturated rings. The third-order valence-electron chi connectivity index (χ3n) is 10.2. The summed E-state index contributed by atoms with van der Waals surface area (Å²) in [4.78, 5) is 7.08. The lowest BCUT2D eigenvalue weighted by molar-refractivity contribution is 1.20. The van der Waals surface area contributed by atoms with Gasteiger partial charge in [-0.2, -0.15) is 0 Å². The van der Waals surface area contributed by atoms with Crippen molar-refractivity contribution in [3.8, 4) is 21.6 Å². The summed E-state index contributed by atoms with van der Waals surface area (Å²) in [6.07, 6.45) is 6.46. The van der Waals surface area contributed by atoms with Crippen LogP contribution in [0.15, 0.2) is 225 Å². The Kier molecular flexibility index (Phi) is 10.2. The highest BCUT2D eigenvalue weighted by Crippen LogP contribution is 2.39. The van der Waals surface area contributed by atoms with E-state index >= 15 is 0 Å². The van der Waals surface area contributed by atoms with E-state index in [0.717, 1.165) is 50.8 Å². The molecule has 2 aromatic heterocycles. The van der Waals surface area contributed by atoms with Gasteiger partial charge in [0.25, 0.3) is 0 Å². The Balaban J connectivity index is 0.976. The standard InChI is InChI=1S/C53H40N2S2/c1-3-44(29-22-38(2)52-36-42-14-10-12-20-50(42)56-52)54(45-16-6-4-7-17-45)47-30-23-39(24-31-47)40-25-32-48(33-26-40)55(46-18-8-5-9-19-46)49-34-27-41(28-35-49)53-37-43-15-11-13-21-51(43)57-53/h3-37H,2H2,1H3/b29-22-,44-3+. The minimum Gasteiger partial charge on any atom is -0.311 e. The molecule has 0 aliphatic heterocycles. The zero-order valence-electron chi connectivity index (χ0n) is 31.6. The largest absolute Gasteiger partial charge is 0.311 e. The summed E-state index contributed by atoms with van der Waals surface area (Å²) in [6, 6.07) is 69.4. The van der Waals surface area contributed by atoms with Crippen molar-refractivity contribution in [2.75, 3.05) is 9.80 Å². The molecule has 0 spiro atoms. The summed E-state index contributed by atoms with van der Waals surface area (Å²) in [7, 11) is 0. The number of rotatable bonds is 11. The smallest absolute Gasteiger partial charge is 0.0462 e. The maximum atomic E-state index is 4.42. The number of hydrogen-bond donors (Lipinski definition) is 0. The minimum absolute atomic E-state index is 0.998. The molecule has 274 valence electrons. The maximum absolute atomic E-state index is 4.42. The van der Waals surface area contributed by atoms with Gasteiger partial charge < -0.3 is 9.80 Å². The van der Waals surface area contributed by atoms with Gasteiger partial charge in [-0.25, -0.2) is 0 Å². The third-order valence-corrected chi connectivity index (χ3v) is 12.6. The molecule has 4 heteroatoms. The van der Waals surface area contributed by atoms with Crippen molar-refractivity contribution in [3.05, 3.63) is 230 Å². The highest BCUT2D eigenvalue weighted by molar-refractivity contribution is 7.22. The Morgan fingerprint density at radius 2 is 0.912 bits per heavy atom. The summed E-state index contributed by atoms with van der Waals surface area (Å²) < 4.78 is 2.59. The molecule has 0 saturated carbocycles. The van der Waals surface area contributed by atoms with Crippen molar-refractivity contribution in [2.45, 2.75) is 6.92 Å². The molecule has 0 atom stereocenters. The van der Waals surface area contributed by atoms with E-state index in [2.05, 4.69) is 236 Å². The van der Waals surface area contributed by atoms with E-state index in [1.165, 1.54) is 35.5 Å². The van der Waals surface area contributed by atoms with Crippen molar-refractivity contribution in [1.82, 2.24) is 0 Å². The van der Waals surface area contributed by atoms with Crippen molar-refractivity contribution in [2.24, 2.45) is 0 Å². The predicted octanol–water partition coefficient (Wildman–Crippen LogP) is 16.2. The Bertz CT molecular complexity index is 2780. The number of benzene rings is 7. The molecule has 0 bridgehead atoms. The lowest BCUT2D eigenvalue weighted by atomic mass is 10.0. The molecule has 0 saturated heterocycles. The number of allylic oxidation sites excluding steroid dienone is 4. The topological polar surface area (TPSA) is 6.48 Å². The Hall–Kier alpha value is -6.72. The average molecular weight is 769 g/mol. The van der Waals surface area contributed by atoms with Gasteiger partial charge in [-0.05, 0) is 131 Å². The fourth-order valence-electron chi connectivity index (χ4n) is 7.26. The fourth-order valence-corrected chi connectivity index (χ4v) is 9.34. The molecule has 2 heterocycles. The van der Waals surface area contributed by atoms with Crippen molar-refractivity contribution in [3.63, 3.8) is 0 Å². The Morgan fingerprint density at radius 1 is 0.456 bits per heavy atom. The van der Waals surface area contributed by atoms with Gasteiger partial charge in [0.05, 0.1) is 0 Å². The van der Waals surface area contributed by atoms with Gasteiger partial charge in [-0.15, -0.1) is 22.7 Å². The van der Waals surface area contributed by atoms with Gasteiger partial charge in [0.15, 0.2) is 0 Å². The average Bonchev–Trinajstić information content (AvgIpc) is 3.92. The van der Waals surface area contributed by atoms with Crippen LogP contribution >= 0.6 is 22.7 Å². The van der Waals surface area contributed by atoms with E-state index in [1.54, 1.807) is 11.3 Å².